The van der Waals surface area contributed by atoms with Gasteiger partial charge in [-0.3, -0.25) is 9.59 Å². The van der Waals surface area contributed by atoms with Gasteiger partial charge in [0.1, 0.15) is 17.7 Å². The van der Waals surface area contributed by atoms with Gasteiger partial charge >= 0.3 is 0 Å². The van der Waals surface area contributed by atoms with Crippen LogP contribution in [0.1, 0.15) is 25.7 Å². The maximum atomic E-state index is 13.1. The van der Waals surface area contributed by atoms with Gasteiger partial charge in [0.25, 0.3) is 0 Å². The molecular weight excluding hydrogens is 339 g/mol. The number of amides is 2. The molecule has 2 aliphatic rings. The number of primary amides is 1. The second kappa shape index (κ2) is 8.49. The van der Waals surface area contributed by atoms with Crippen molar-refractivity contribution in [3.63, 3.8) is 0 Å². The second-order valence-corrected chi connectivity index (χ2v) is 7.00. The molecule has 2 amide bonds. The molecule has 0 spiro atoms. The number of nitrogens with two attached hydrogens (primary N) is 1. The third-order valence-corrected chi connectivity index (χ3v) is 5.11. The molecule has 0 saturated carbocycles. The van der Waals surface area contributed by atoms with E-state index in [1.807, 2.05) is 4.90 Å². The number of benzene rings is 1. The molecule has 2 fully saturated rings. The van der Waals surface area contributed by atoms with Crippen LogP contribution in [0.15, 0.2) is 24.3 Å². The van der Waals surface area contributed by atoms with E-state index in [0.717, 1.165) is 12.8 Å². The molecular formula is C19H25FN2O4. The maximum absolute atomic E-state index is 13.1. The van der Waals surface area contributed by atoms with Crippen molar-refractivity contribution in [3.8, 4) is 5.75 Å². The fourth-order valence-electron chi connectivity index (χ4n) is 3.71. The molecule has 1 aromatic rings. The Morgan fingerprint density at radius 2 is 1.88 bits per heavy atom. The van der Waals surface area contributed by atoms with Crippen molar-refractivity contribution in [1.82, 2.24) is 4.90 Å². The standard InChI is InChI=1S/C19H25FN2O4/c20-15-1-3-16(4-2-15)26-17-5-8-22(12-14(17)11-18(21)23)19(24)13-6-9-25-10-7-13/h1-4,13-14,17H,5-12H2,(H2,21,23)/t14-,17-/m0/s1. The second-order valence-electron chi connectivity index (χ2n) is 7.00. The summed E-state index contributed by atoms with van der Waals surface area (Å²) < 4.78 is 24.4. The van der Waals surface area contributed by atoms with Gasteiger partial charge < -0.3 is 20.1 Å². The fourth-order valence-corrected chi connectivity index (χ4v) is 3.71. The lowest BCUT2D eigenvalue weighted by molar-refractivity contribution is -0.142. The predicted octanol–water partition coefficient (Wildman–Crippen LogP) is 1.72. The summed E-state index contributed by atoms with van der Waals surface area (Å²) in [4.78, 5) is 26.1. The Kier molecular flexibility index (Phi) is 6.08. The number of halogens is 1. The van der Waals surface area contributed by atoms with Crippen LogP contribution in [-0.2, 0) is 14.3 Å². The first-order valence-corrected chi connectivity index (χ1v) is 9.10. The monoisotopic (exact) mass is 364 g/mol. The number of hydrogen-bond donors (Lipinski definition) is 1. The van der Waals surface area contributed by atoms with Crippen LogP contribution in [0.2, 0.25) is 0 Å². The summed E-state index contributed by atoms with van der Waals surface area (Å²) in [6.07, 6.45) is 2.02. The van der Waals surface area contributed by atoms with Gasteiger partial charge in [-0.15, -0.1) is 0 Å². The van der Waals surface area contributed by atoms with Crippen molar-refractivity contribution in [2.24, 2.45) is 17.6 Å². The molecule has 2 atom stereocenters. The van der Waals surface area contributed by atoms with Crippen LogP contribution in [0.4, 0.5) is 4.39 Å². The number of carbonyl (C=O) groups is 2. The van der Waals surface area contributed by atoms with Crippen molar-refractivity contribution in [2.75, 3.05) is 26.3 Å². The van der Waals surface area contributed by atoms with Crippen molar-refractivity contribution in [1.29, 1.82) is 0 Å². The lowest BCUT2D eigenvalue weighted by Gasteiger charge is -2.40. The highest BCUT2D eigenvalue weighted by Gasteiger charge is 2.36. The zero-order chi connectivity index (χ0) is 18.5. The molecule has 1 aromatic carbocycles. The summed E-state index contributed by atoms with van der Waals surface area (Å²) in [5, 5.41) is 0. The Hall–Kier alpha value is -2.15. The van der Waals surface area contributed by atoms with Gasteiger partial charge in [-0.1, -0.05) is 0 Å². The van der Waals surface area contributed by atoms with Gasteiger partial charge in [0.05, 0.1) is 0 Å². The summed E-state index contributed by atoms with van der Waals surface area (Å²) in [6.45, 7) is 2.26. The highest BCUT2D eigenvalue weighted by Crippen LogP contribution is 2.28. The number of rotatable bonds is 5. The minimum atomic E-state index is -0.414. The van der Waals surface area contributed by atoms with Gasteiger partial charge in [-0.05, 0) is 37.1 Å². The zero-order valence-electron chi connectivity index (χ0n) is 14.7. The molecule has 7 heteroatoms. The number of carbonyl (C=O) groups excluding carboxylic acids is 2. The molecule has 0 aliphatic carbocycles. The average Bonchev–Trinajstić information content (AvgIpc) is 2.64. The van der Waals surface area contributed by atoms with E-state index in [2.05, 4.69) is 0 Å². The lowest BCUT2D eigenvalue weighted by Crippen LogP contribution is -2.51. The number of likely N-dealkylation sites (tertiary alicyclic amines) is 1. The molecule has 2 heterocycles. The van der Waals surface area contributed by atoms with Gasteiger partial charge in [0.15, 0.2) is 0 Å². The molecule has 3 rings (SSSR count). The summed E-state index contributed by atoms with van der Waals surface area (Å²) in [5.41, 5.74) is 5.40. The highest BCUT2D eigenvalue weighted by molar-refractivity contribution is 5.79. The summed E-state index contributed by atoms with van der Waals surface area (Å²) in [7, 11) is 0. The topological polar surface area (TPSA) is 81.9 Å². The largest absolute Gasteiger partial charge is 0.490 e. The first-order valence-electron chi connectivity index (χ1n) is 9.10. The van der Waals surface area contributed by atoms with E-state index in [1.54, 1.807) is 12.1 Å². The predicted molar refractivity (Wildman–Crippen MR) is 92.9 cm³/mol. The van der Waals surface area contributed by atoms with E-state index in [4.69, 9.17) is 15.2 Å². The molecule has 0 unspecified atom stereocenters. The first kappa shape index (κ1) is 18.6. The van der Waals surface area contributed by atoms with Crippen LogP contribution in [-0.4, -0.2) is 49.1 Å². The summed E-state index contributed by atoms with van der Waals surface area (Å²) in [6, 6.07) is 5.80. The van der Waals surface area contributed by atoms with Crippen molar-refractivity contribution >= 4 is 11.8 Å². The Bertz CT molecular complexity index is 631. The van der Waals surface area contributed by atoms with Crippen LogP contribution in [0.3, 0.4) is 0 Å². The summed E-state index contributed by atoms with van der Waals surface area (Å²) in [5.74, 6) is -0.244. The molecule has 0 aromatic heterocycles. The smallest absolute Gasteiger partial charge is 0.225 e. The quantitative estimate of drug-likeness (QED) is 0.863. The van der Waals surface area contributed by atoms with E-state index < -0.39 is 5.91 Å². The fraction of sp³-hybridized carbons (Fsp3) is 0.579. The Labute approximate surface area is 152 Å². The number of piperidine rings is 1. The average molecular weight is 364 g/mol. The van der Waals surface area contributed by atoms with E-state index in [1.165, 1.54) is 12.1 Å². The normalized spacial score (nSPS) is 24.3. The summed E-state index contributed by atoms with van der Waals surface area (Å²) >= 11 is 0. The third-order valence-electron chi connectivity index (χ3n) is 5.11. The number of ether oxygens (including phenoxy) is 2. The molecule has 2 saturated heterocycles. The molecule has 2 N–H and O–H groups in total. The molecule has 26 heavy (non-hydrogen) atoms. The van der Waals surface area contributed by atoms with Crippen LogP contribution in [0.25, 0.3) is 0 Å². The third kappa shape index (κ3) is 4.72. The number of nitrogens with zero attached hydrogens (tertiary/aromatic N) is 1. The van der Waals surface area contributed by atoms with Crippen LogP contribution >= 0.6 is 0 Å². The van der Waals surface area contributed by atoms with Gasteiger partial charge in [-0.2, -0.15) is 0 Å². The molecule has 0 bridgehead atoms. The Morgan fingerprint density at radius 3 is 2.54 bits per heavy atom. The van der Waals surface area contributed by atoms with Crippen LogP contribution < -0.4 is 10.5 Å². The van der Waals surface area contributed by atoms with E-state index >= 15 is 0 Å². The zero-order valence-corrected chi connectivity index (χ0v) is 14.7. The number of hydrogen-bond acceptors (Lipinski definition) is 4. The van der Waals surface area contributed by atoms with E-state index in [-0.39, 0.29) is 36.1 Å². The first-order chi connectivity index (χ1) is 12.5. The lowest BCUT2D eigenvalue weighted by atomic mass is 9.89. The molecule has 6 nitrogen and oxygen atoms in total. The van der Waals surface area contributed by atoms with E-state index in [0.29, 0.717) is 38.5 Å². The van der Waals surface area contributed by atoms with Gasteiger partial charge in [0, 0.05) is 51.0 Å². The van der Waals surface area contributed by atoms with Crippen molar-refractivity contribution < 1.29 is 23.5 Å². The highest BCUT2D eigenvalue weighted by atomic mass is 19.1. The Balaban J connectivity index is 1.65. The maximum Gasteiger partial charge on any atom is 0.225 e. The Morgan fingerprint density at radius 1 is 1.19 bits per heavy atom. The molecule has 2 aliphatic heterocycles. The SMILES string of the molecule is NC(=O)C[C@H]1CN(C(=O)C2CCOCC2)CC[C@@H]1Oc1ccc(F)cc1. The van der Waals surface area contributed by atoms with Crippen molar-refractivity contribution in [2.45, 2.75) is 31.8 Å². The minimum absolute atomic E-state index is 0.00690. The van der Waals surface area contributed by atoms with Crippen molar-refractivity contribution in [3.05, 3.63) is 30.1 Å². The molecule has 0 radical (unpaired) electrons. The van der Waals surface area contributed by atoms with E-state index in [9.17, 15) is 14.0 Å². The van der Waals surface area contributed by atoms with Crippen LogP contribution in [0, 0.1) is 17.7 Å². The molecule has 142 valence electrons. The van der Waals surface area contributed by atoms with Gasteiger partial charge in [0.2, 0.25) is 11.8 Å². The minimum Gasteiger partial charge on any atom is -0.490 e. The van der Waals surface area contributed by atoms with Crippen LogP contribution in [0.5, 0.6) is 5.75 Å². The van der Waals surface area contributed by atoms with Gasteiger partial charge in [-0.25, -0.2) is 4.39 Å².